The number of nitrogens with zero attached hydrogens (tertiary/aromatic N) is 1. The van der Waals surface area contributed by atoms with Gasteiger partial charge in [0.25, 0.3) is 10.1 Å². The van der Waals surface area contributed by atoms with Crippen LogP contribution >= 0.6 is 0 Å². The van der Waals surface area contributed by atoms with Gasteiger partial charge < -0.3 is 5.21 Å². The first-order chi connectivity index (χ1) is 5.93. The summed E-state index contributed by atoms with van der Waals surface area (Å²) in [6.07, 6.45) is 6.46. The van der Waals surface area contributed by atoms with Crippen LogP contribution in [0.2, 0.25) is 0 Å². The van der Waals surface area contributed by atoms with Crippen molar-refractivity contribution in [2.45, 2.75) is 32.1 Å². The molecule has 0 aromatic carbocycles. The zero-order valence-electron chi connectivity index (χ0n) is 7.60. The summed E-state index contributed by atoms with van der Waals surface area (Å²) in [5, 5.41) is 11.4. The number of rotatable bonds is 0. The molecule has 0 saturated heterocycles. The van der Waals surface area contributed by atoms with Crippen LogP contribution in [-0.4, -0.2) is 30.1 Å². The van der Waals surface area contributed by atoms with Crippen LogP contribution in [0, 0.1) is 0 Å². The zero-order valence-corrected chi connectivity index (χ0v) is 8.42. The topological polar surface area (TPSA) is 87.0 Å². The van der Waals surface area contributed by atoms with E-state index in [4.69, 9.17) is 9.76 Å². The van der Waals surface area contributed by atoms with E-state index in [2.05, 4.69) is 5.16 Å². The molecule has 78 valence electrons. The molecule has 0 unspecified atom stereocenters. The minimum absolute atomic E-state index is 0.715. The van der Waals surface area contributed by atoms with E-state index in [9.17, 15) is 8.42 Å². The third kappa shape index (κ3) is 11.4. The first-order valence-corrected chi connectivity index (χ1v) is 5.90. The lowest BCUT2D eigenvalue weighted by Gasteiger charge is -2.08. The average Bonchev–Trinajstić information content (AvgIpc) is 2.03. The normalized spacial score (nSPS) is 17.2. The maximum atomic E-state index is 9.19. The molecule has 6 heteroatoms. The lowest BCUT2D eigenvalue weighted by atomic mass is 9.99. The van der Waals surface area contributed by atoms with Gasteiger partial charge >= 0.3 is 0 Å². The van der Waals surface area contributed by atoms with Gasteiger partial charge in [0.15, 0.2) is 0 Å². The van der Waals surface area contributed by atoms with Gasteiger partial charge in [0.1, 0.15) is 0 Å². The molecule has 0 amide bonds. The van der Waals surface area contributed by atoms with Crippen molar-refractivity contribution in [2.24, 2.45) is 5.16 Å². The van der Waals surface area contributed by atoms with Gasteiger partial charge in [0, 0.05) is 0 Å². The predicted octanol–water partition coefficient (Wildman–Crippen LogP) is 1.28. The third-order valence-electron chi connectivity index (χ3n) is 1.57. The van der Waals surface area contributed by atoms with Crippen molar-refractivity contribution >= 4 is 15.8 Å². The Morgan fingerprint density at radius 1 is 1.23 bits per heavy atom. The molecule has 5 nitrogen and oxygen atoms in total. The van der Waals surface area contributed by atoms with Crippen LogP contribution in [0.5, 0.6) is 0 Å². The second-order valence-electron chi connectivity index (χ2n) is 2.96. The van der Waals surface area contributed by atoms with Crippen LogP contribution in [0.3, 0.4) is 0 Å². The summed E-state index contributed by atoms with van der Waals surface area (Å²) in [6, 6.07) is 0. The Balaban J connectivity index is 0.000000252. The molecular formula is C7H15NO4S. The summed E-state index contributed by atoms with van der Waals surface area (Å²) in [5.41, 5.74) is 0.983. The second-order valence-corrected chi connectivity index (χ2v) is 4.43. The molecule has 0 aliphatic heterocycles. The molecule has 0 spiro atoms. The van der Waals surface area contributed by atoms with Gasteiger partial charge in [-0.3, -0.25) is 4.55 Å². The molecule has 0 bridgehead atoms. The monoisotopic (exact) mass is 209 g/mol. The van der Waals surface area contributed by atoms with Crippen molar-refractivity contribution < 1.29 is 18.2 Å². The van der Waals surface area contributed by atoms with Crippen LogP contribution in [-0.2, 0) is 10.1 Å². The third-order valence-corrected chi connectivity index (χ3v) is 1.57. The van der Waals surface area contributed by atoms with Crippen LogP contribution in [0.25, 0.3) is 0 Å². The van der Waals surface area contributed by atoms with E-state index in [0.29, 0.717) is 6.26 Å². The van der Waals surface area contributed by atoms with Crippen molar-refractivity contribution in [1.82, 2.24) is 0 Å². The fourth-order valence-corrected chi connectivity index (χ4v) is 1.06. The van der Waals surface area contributed by atoms with Gasteiger partial charge in [-0.2, -0.15) is 8.42 Å². The van der Waals surface area contributed by atoms with Crippen LogP contribution in [0.4, 0.5) is 0 Å². The minimum atomic E-state index is -3.67. The summed E-state index contributed by atoms with van der Waals surface area (Å²) in [6.45, 7) is 0. The second kappa shape index (κ2) is 5.93. The highest BCUT2D eigenvalue weighted by Crippen LogP contribution is 2.13. The number of hydrogen-bond acceptors (Lipinski definition) is 4. The maximum absolute atomic E-state index is 9.19. The molecule has 0 heterocycles. The lowest BCUT2D eigenvalue weighted by molar-refractivity contribution is 0.314. The van der Waals surface area contributed by atoms with Gasteiger partial charge in [-0.15, -0.1) is 0 Å². The Hall–Kier alpha value is -0.620. The van der Waals surface area contributed by atoms with E-state index in [1.807, 2.05) is 0 Å². The first-order valence-electron chi connectivity index (χ1n) is 4.05. The molecular weight excluding hydrogens is 194 g/mol. The number of oxime groups is 1. The van der Waals surface area contributed by atoms with Crippen LogP contribution in [0.15, 0.2) is 5.16 Å². The molecule has 2 N–H and O–H groups in total. The van der Waals surface area contributed by atoms with Gasteiger partial charge in [-0.25, -0.2) is 0 Å². The van der Waals surface area contributed by atoms with Gasteiger partial charge in [0.2, 0.25) is 0 Å². The SMILES string of the molecule is CS(=O)(=O)O.ON=C1CCCCC1. The fourth-order valence-electron chi connectivity index (χ4n) is 1.06. The molecule has 1 fully saturated rings. The molecule has 1 aliphatic carbocycles. The Morgan fingerprint density at radius 3 is 1.85 bits per heavy atom. The fraction of sp³-hybridized carbons (Fsp3) is 0.857. The maximum Gasteiger partial charge on any atom is 0.261 e. The summed E-state index contributed by atoms with van der Waals surface area (Å²) in [4.78, 5) is 0. The van der Waals surface area contributed by atoms with Crippen molar-refractivity contribution in [3.05, 3.63) is 0 Å². The Bertz CT molecular complexity index is 242. The quantitative estimate of drug-likeness (QED) is 0.357. The van der Waals surface area contributed by atoms with E-state index in [0.717, 1.165) is 18.6 Å². The van der Waals surface area contributed by atoms with E-state index < -0.39 is 10.1 Å². The Kier molecular flexibility index (Phi) is 5.65. The number of hydrogen-bond donors (Lipinski definition) is 2. The molecule has 0 aromatic heterocycles. The molecule has 1 aliphatic rings. The minimum Gasteiger partial charge on any atom is -0.411 e. The average molecular weight is 209 g/mol. The van der Waals surface area contributed by atoms with E-state index in [1.165, 1.54) is 19.3 Å². The van der Waals surface area contributed by atoms with Gasteiger partial charge in [-0.1, -0.05) is 11.6 Å². The summed E-state index contributed by atoms with van der Waals surface area (Å²) >= 11 is 0. The Morgan fingerprint density at radius 2 is 1.62 bits per heavy atom. The van der Waals surface area contributed by atoms with Crippen molar-refractivity contribution in [3.8, 4) is 0 Å². The first kappa shape index (κ1) is 12.4. The smallest absolute Gasteiger partial charge is 0.261 e. The summed E-state index contributed by atoms with van der Waals surface area (Å²) < 4.78 is 25.9. The van der Waals surface area contributed by atoms with Crippen molar-refractivity contribution in [3.63, 3.8) is 0 Å². The summed E-state index contributed by atoms with van der Waals surface area (Å²) in [7, 11) is -3.67. The summed E-state index contributed by atoms with van der Waals surface area (Å²) in [5.74, 6) is 0. The van der Waals surface area contributed by atoms with E-state index in [1.54, 1.807) is 0 Å². The predicted molar refractivity (Wildman–Crippen MR) is 49.8 cm³/mol. The van der Waals surface area contributed by atoms with Crippen molar-refractivity contribution in [2.75, 3.05) is 6.26 Å². The van der Waals surface area contributed by atoms with Crippen LogP contribution < -0.4 is 0 Å². The molecule has 0 aromatic rings. The zero-order chi connectivity index (χ0) is 10.3. The standard InChI is InChI=1S/C6H11NO.CH4O3S/c8-7-6-4-2-1-3-5-6;1-5(2,3)4/h8H,1-5H2;1H3,(H,2,3,4). The molecule has 1 rings (SSSR count). The van der Waals surface area contributed by atoms with E-state index >= 15 is 0 Å². The lowest BCUT2D eigenvalue weighted by Crippen LogP contribution is -2.03. The highest BCUT2D eigenvalue weighted by molar-refractivity contribution is 7.85. The van der Waals surface area contributed by atoms with Gasteiger partial charge in [0.05, 0.1) is 12.0 Å². The Labute approximate surface area is 78.2 Å². The largest absolute Gasteiger partial charge is 0.411 e. The van der Waals surface area contributed by atoms with Crippen molar-refractivity contribution in [1.29, 1.82) is 0 Å². The highest BCUT2D eigenvalue weighted by Gasteiger charge is 2.05. The van der Waals surface area contributed by atoms with Gasteiger partial charge in [-0.05, 0) is 25.7 Å². The molecule has 0 atom stereocenters. The molecule has 1 saturated carbocycles. The van der Waals surface area contributed by atoms with Crippen LogP contribution in [0.1, 0.15) is 32.1 Å². The highest BCUT2D eigenvalue weighted by atomic mass is 32.2. The molecule has 13 heavy (non-hydrogen) atoms. The van der Waals surface area contributed by atoms with E-state index in [-0.39, 0.29) is 0 Å². The molecule has 0 radical (unpaired) electrons.